The quantitative estimate of drug-likeness (QED) is 0.809. The smallest absolute Gasteiger partial charge is 0.267 e. The molecule has 0 atom stereocenters. The first-order chi connectivity index (χ1) is 10.1. The highest BCUT2D eigenvalue weighted by atomic mass is 32.1. The average Bonchev–Trinajstić information content (AvgIpc) is 3.08. The van der Waals surface area contributed by atoms with Gasteiger partial charge in [-0.3, -0.25) is 4.79 Å². The number of carbonyl (C=O) groups is 1. The summed E-state index contributed by atoms with van der Waals surface area (Å²) in [7, 11) is 0. The van der Waals surface area contributed by atoms with Crippen LogP contribution in [0.1, 0.15) is 15.4 Å². The Hall–Kier alpha value is -2.54. The topological polar surface area (TPSA) is 59.8 Å². The summed E-state index contributed by atoms with van der Waals surface area (Å²) in [6.07, 6.45) is 3.04. The minimum absolute atomic E-state index is 0.247. The molecule has 3 aromatic rings. The van der Waals surface area contributed by atoms with Gasteiger partial charge < -0.3 is 5.32 Å². The van der Waals surface area contributed by atoms with E-state index in [-0.39, 0.29) is 11.7 Å². The van der Waals surface area contributed by atoms with Gasteiger partial charge >= 0.3 is 0 Å². The molecule has 1 N–H and O–H groups in total. The lowest BCUT2D eigenvalue weighted by Gasteiger charge is -2.02. The van der Waals surface area contributed by atoms with E-state index in [1.165, 1.54) is 28.3 Å². The summed E-state index contributed by atoms with van der Waals surface area (Å²) < 4.78 is 15.0. The number of benzene rings is 1. The minimum atomic E-state index is -0.378. The fourth-order valence-corrected chi connectivity index (χ4v) is 2.56. The molecule has 3 rings (SSSR count). The molecule has 0 bridgehead atoms. The van der Waals surface area contributed by atoms with Crippen molar-refractivity contribution in [3.05, 3.63) is 58.6 Å². The predicted octanol–water partition coefficient (Wildman–Crippen LogP) is 3.03. The van der Waals surface area contributed by atoms with Gasteiger partial charge in [0.2, 0.25) is 0 Å². The number of hydrogen-bond donors (Lipinski definition) is 1. The van der Waals surface area contributed by atoms with E-state index in [1.807, 2.05) is 0 Å². The zero-order chi connectivity index (χ0) is 14.8. The third-order valence-corrected chi connectivity index (χ3v) is 3.82. The van der Waals surface area contributed by atoms with Crippen LogP contribution in [0.2, 0.25) is 0 Å². The number of amides is 1. The van der Waals surface area contributed by atoms with Crippen LogP contribution in [0.5, 0.6) is 0 Å². The molecule has 0 saturated heterocycles. The molecule has 21 heavy (non-hydrogen) atoms. The van der Waals surface area contributed by atoms with E-state index in [1.54, 1.807) is 36.8 Å². The summed E-state index contributed by atoms with van der Waals surface area (Å²) in [6.45, 7) is 1.77. The SMILES string of the molecule is Cc1ncsc1C(=O)Nc1cnn(-c2ccccc2F)c1. The van der Waals surface area contributed by atoms with Crippen LogP contribution in [0.25, 0.3) is 5.69 Å². The molecular formula is C14H11FN4OS. The molecule has 5 nitrogen and oxygen atoms in total. The molecular weight excluding hydrogens is 291 g/mol. The number of carbonyl (C=O) groups excluding carboxylic acids is 1. The van der Waals surface area contributed by atoms with Crippen LogP contribution >= 0.6 is 11.3 Å². The maximum Gasteiger partial charge on any atom is 0.267 e. The monoisotopic (exact) mass is 302 g/mol. The first kappa shape index (κ1) is 13.4. The van der Waals surface area contributed by atoms with Crippen molar-refractivity contribution in [3.63, 3.8) is 0 Å². The predicted molar refractivity (Wildman–Crippen MR) is 78.3 cm³/mol. The maximum absolute atomic E-state index is 13.7. The van der Waals surface area contributed by atoms with Gasteiger partial charge in [0, 0.05) is 0 Å². The molecule has 1 amide bonds. The molecule has 7 heteroatoms. The maximum atomic E-state index is 13.7. The number of nitrogens with zero attached hydrogens (tertiary/aromatic N) is 3. The van der Waals surface area contributed by atoms with Crippen molar-refractivity contribution in [2.75, 3.05) is 5.32 Å². The summed E-state index contributed by atoms with van der Waals surface area (Å²) in [4.78, 5) is 16.6. The Morgan fingerprint density at radius 1 is 1.38 bits per heavy atom. The molecule has 0 radical (unpaired) electrons. The Labute approximate surface area is 124 Å². The van der Waals surface area contributed by atoms with Crippen molar-refractivity contribution in [1.29, 1.82) is 0 Å². The number of rotatable bonds is 3. The summed E-state index contributed by atoms with van der Waals surface area (Å²) in [5, 5.41) is 6.77. The van der Waals surface area contributed by atoms with Crippen molar-refractivity contribution < 1.29 is 9.18 Å². The molecule has 0 aliphatic heterocycles. The number of hydrogen-bond acceptors (Lipinski definition) is 4. The highest BCUT2D eigenvalue weighted by molar-refractivity contribution is 7.12. The van der Waals surface area contributed by atoms with Crippen LogP contribution in [-0.4, -0.2) is 20.7 Å². The number of para-hydroxylation sites is 1. The van der Waals surface area contributed by atoms with Crippen molar-refractivity contribution in [1.82, 2.24) is 14.8 Å². The van der Waals surface area contributed by atoms with Crippen molar-refractivity contribution in [3.8, 4) is 5.69 Å². The van der Waals surface area contributed by atoms with Crippen LogP contribution < -0.4 is 5.32 Å². The zero-order valence-corrected chi connectivity index (χ0v) is 11.9. The second-order valence-electron chi connectivity index (χ2n) is 4.35. The Bertz CT molecular complexity index is 796. The van der Waals surface area contributed by atoms with Gasteiger partial charge in [-0.05, 0) is 19.1 Å². The largest absolute Gasteiger partial charge is 0.319 e. The Kier molecular flexibility index (Phi) is 3.49. The third kappa shape index (κ3) is 2.68. The van der Waals surface area contributed by atoms with Gasteiger partial charge in [-0.2, -0.15) is 5.10 Å². The van der Waals surface area contributed by atoms with E-state index >= 15 is 0 Å². The highest BCUT2D eigenvalue weighted by Gasteiger charge is 2.13. The molecule has 0 fully saturated rings. The number of anilines is 1. The standard InChI is InChI=1S/C14H11FN4OS/c1-9-13(21-8-16-9)14(20)18-10-6-17-19(7-10)12-5-3-2-4-11(12)15/h2-8H,1H3,(H,18,20). The fourth-order valence-electron chi connectivity index (χ4n) is 1.86. The van der Waals surface area contributed by atoms with Crippen LogP contribution in [0, 0.1) is 12.7 Å². The highest BCUT2D eigenvalue weighted by Crippen LogP contribution is 2.17. The molecule has 106 valence electrons. The van der Waals surface area contributed by atoms with E-state index in [2.05, 4.69) is 15.4 Å². The lowest BCUT2D eigenvalue weighted by Crippen LogP contribution is -2.11. The van der Waals surface area contributed by atoms with Crippen LogP contribution in [0.3, 0.4) is 0 Å². The Balaban J connectivity index is 1.82. The number of aromatic nitrogens is 3. The van der Waals surface area contributed by atoms with Gasteiger partial charge in [0.1, 0.15) is 16.4 Å². The van der Waals surface area contributed by atoms with Gasteiger partial charge in [0.25, 0.3) is 5.91 Å². The molecule has 0 aliphatic carbocycles. The van der Waals surface area contributed by atoms with Gasteiger partial charge in [0.15, 0.2) is 0 Å². The summed E-state index contributed by atoms with van der Waals surface area (Å²) in [6, 6.07) is 6.30. The van der Waals surface area contributed by atoms with Crippen LogP contribution in [-0.2, 0) is 0 Å². The van der Waals surface area contributed by atoms with Crippen LogP contribution in [0.15, 0.2) is 42.2 Å². The molecule has 2 aromatic heterocycles. The number of thiazole rings is 1. The van der Waals surface area contributed by atoms with E-state index in [0.717, 1.165) is 0 Å². The third-order valence-electron chi connectivity index (χ3n) is 2.89. The second-order valence-corrected chi connectivity index (χ2v) is 5.20. The normalized spacial score (nSPS) is 10.6. The lowest BCUT2D eigenvalue weighted by molar-refractivity contribution is 0.103. The van der Waals surface area contributed by atoms with Gasteiger partial charge in [0.05, 0.1) is 29.3 Å². The second kappa shape index (κ2) is 5.45. The average molecular weight is 302 g/mol. The molecule has 1 aromatic carbocycles. The van der Waals surface area contributed by atoms with E-state index in [4.69, 9.17) is 0 Å². The van der Waals surface area contributed by atoms with Gasteiger partial charge in [-0.1, -0.05) is 12.1 Å². The number of nitrogens with one attached hydrogen (secondary N) is 1. The van der Waals surface area contributed by atoms with E-state index in [9.17, 15) is 9.18 Å². The van der Waals surface area contributed by atoms with E-state index in [0.29, 0.717) is 21.9 Å². The van der Waals surface area contributed by atoms with Gasteiger partial charge in [-0.15, -0.1) is 11.3 Å². The molecule has 2 heterocycles. The first-order valence-corrected chi connectivity index (χ1v) is 7.04. The van der Waals surface area contributed by atoms with E-state index < -0.39 is 0 Å². The number of halogens is 1. The first-order valence-electron chi connectivity index (χ1n) is 6.16. The van der Waals surface area contributed by atoms with Crippen molar-refractivity contribution in [2.24, 2.45) is 0 Å². The molecule has 0 spiro atoms. The number of aryl methyl sites for hydroxylation is 1. The minimum Gasteiger partial charge on any atom is -0.319 e. The Morgan fingerprint density at radius 2 is 2.19 bits per heavy atom. The van der Waals surface area contributed by atoms with Crippen LogP contribution in [0.4, 0.5) is 10.1 Å². The lowest BCUT2D eigenvalue weighted by atomic mass is 10.3. The fraction of sp³-hybridized carbons (Fsp3) is 0.0714. The molecule has 0 saturated carbocycles. The summed E-state index contributed by atoms with van der Waals surface area (Å²) in [5.41, 5.74) is 3.12. The van der Waals surface area contributed by atoms with Gasteiger partial charge in [-0.25, -0.2) is 14.1 Å². The molecule has 0 unspecified atom stereocenters. The Morgan fingerprint density at radius 3 is 2.90 bits per heavy atom. The summed E-state index contributed by atoms with van der Waals surface area (Å²) in [5.74, 6) is -0.625. The van der Waals surface area contributed by atoms with Crippen molar-refractivity contribution in [2.45, 2.75) is 6.92 Å². The van der Waals surface area contributed by atoms with Crippen molar-refractivity contribution >= 4 is 22.9 Å². The zero-order valence-electron chi connectivity index (χ0n) is 11.1. The molecule has 0 aliphatic rings. The summed E-state index contributed by atoms with van der Waals surface area (Å²) >= 11 is 1.27.